The van der Waals surface area contributed by atoms with Crippen molar-refractivity contribution >= 4 is 22.7 Å². The summed E-state index contributed by atoms with van der Waals surface area (Å²) >= 11 is 4.32. The van der Waals surface area contributed by atoms with Gasteiger partial charge in [-0.25, -0.2) is 19.2 Å². The summed E-state index contributed by atoms with van der Waals surface area (Å²) in [5, 5.41) is 0.295. The summed E-state index contributed by atoms with van der Waals surface area (Å²) < 4.78 is 26.9. The molecule has 24 heavy (non-hydrogen) atoms. The molecule has 0 aromatic carbocycles. The minimum absolute atomic E-state index is 0.0340. The van der Waals surface area contributed by atoms with Crippen LogP contribution in [0, 0.1) is 0 Å². The van der Waals surface area contributed by atoms with Crippen LogP contribution in [0.3, 0.4) is 0 Å². The molecule has 0 aliphatic carbocycles. The normalized spacial score (nSPS) is 12.1. The molecule has 1 N–H and O–H groups in total. The molecule has 124 valence electrons. The van der Waals surface area contributed by atoms with Crippen LogP contribution in [0.15, 0.2) is 43.1 Å². The highest BCUT2D eigenvalue weighted by atomic mass is 35.5. The van der Waals surface area contributed by atoms with Gasteiger partial charge in [-0.3, -0.25) is 4.57 Å². The van der Waals surface area contributed by atoms with Gasteiger partial charge in [0.2, 0.25) is 0 Å². The number of aromatic nitrogens is 4. The van der Waals surface area contributed by atoms with E-state index in [4.69, 9.17) is 20.9 Å². The SMILES string of the molecule is COc1ccnc(Cl)c1-c1cncn1-c1ccc(CS(=O)O)cn1. The number of hydrogen-bond donors (Lipinski definition) is 1. The van der Waals surface area contributed by atoms with Crippen molar-refractivity contribution in [2.24, 2.45) is 0 Å². The Morgan fingerprint density at radius 2 is 2.12 bits per heavy atom. The number of nitrogens with zero attached hydrogens (tertiary/aromatic N) is 4. The van der Waals surface area contributed by atoms with Gasteiger partial charge >= 0.3 is 0 Å². The second-order valence-electron chi connectivity index (χ2n) is 4.82. The van der Waals surface area contributed by atoms with Crippen molar-refractivity contribution in [1.29, 1.82) is 0 Å². The van der Waals surface area contributed by atoms with Crippen LogP contribution >= 0.6 is 11.6 Å². The summed E-state index contributed by atoms with van der Waals surface area (Å²) in [4.78, 5) is 12.6. The minimum Gasteiger partial charge on any atom is -0.496 e. The second kappa shape index (κ2) is 7.08. The van der Waals surface area contributed by atoms with Gasteiger partial charge in [0.05, 0.1) is 30.3 Å². The topological polar surface area (TPSA) is 90.1 Å². The molecule has 1 unspecified atom stereocenters. The van der Waals surface area contributed by atoms with E-state index in [0.29, 0.717) is 33.5 Å². The molecule has 0 aliphatic heterocycles. The molecule has 9 heteroatoms. The molecule has 0 saturated heterocycles. The molecule has 3 aromatic rings. The highest BCUT2D eigenvalue weighted by molar-refractivity contribution is 7.78. The van der Waals surface area contributed by atoms with Crippen molar-refractivity contribution < 1.29 is 13.5 Å². The lowest BCUT2D eigenvalue weighted by Gasteiger charge is -2.12. The van der Waals surface area contributed by atoms with E-state index in [1.807, 2.05) is 0 Å². The molecule has 0 radical (unpaired) electrons. The predicted octanol–water partition coefficient (Wildman–Crippen LogP) is 2.71. The third-order valence-electron chi connectivity index (χ3n) is 3.33. The Balaban J connectivity index is 2.04. The van der Waals surface area contributed by atoms with E-state index in [2.05, 4.69) is 15.0 Å². The van der Waals surface area contributed by atoms with Crippen molar-refractivity contribution in [2.75, 3.05) is 7.11 Å². The zero-order valence-corrected chi connectivity index (χ0v) is 14.2. The fourth-order valence-electron chi connectivity index (χ4n) is 2.27. The average molecular weight is 365 g/mol. The zero-order valence-electron chi connectivity index (χ0n) is 12.6. The molecular weight excluding hydrogens is 352 g/mol. The van der Waals surface area contributed by atoms with E-state index >= 15 is 0 Å². The standard InChI is InChI=1S/C15H13ClN4O3S/c1-23-12-4-5-18-15(16)14(12)11-7-17-9-20(11)13-3-2-10(6-19-13)8-24(21)22/h2-7,9H,8H2,1H3,(H,21,22). The Morgan fingerprint density at radius 3 is 2.79 bits per heavy atom. The van der Waals surface area contributed by atoms with Gasteiger partial charge in [-0.2, -0.15) is 0 Å². The Labute approximate surface area is 145 Å². The number of methoxy groups -OCH3 is 1. The molecule has 1 atom stereocenters. The van der Waals surface area contributed by atoms with Crippen LogP contribution in [-0.4, -0.2) is 35.4 Å². The molecule has 7 nitrogen and oxygen atoms in total. The molecular formula is C15H13ClN4O3S. The van der Waals surface area contributed by atoms with Gasteiger partial charge in [-0.15, -0.1) is 0 Å². The zero-order chi connectivity index (χ0) is 17.1. The maximum Gasteiger partial charge on any atom is 0.157 e. The fraction of sp³-hybridized carbons (Fsp3) is 0.133. The lowest BCUT2D eigenvalue weighted by atomic mass is 10.2. The van der Waals surface area contributed by atoms with Crippen molar-refractivity contribution in [3.63, 3.8) is 0 Å². The number of pyridine rings is 2. The lowest BCUT2D eigenvalue weighted by Crippen LogP contribution is -2.02. The summed E-state index contributed by atoms with van der Waals surface area (Å²) in [6.07, 6.45) is 6.36. The predicted molar refractivity (Wildman–Crippen MR) is 90.6 cm³/mol. The molecule has 0 saturated carbocycles. The Kier molecular flexibility index (Phi) is 4.89. The first kappa shape index (κ1) is 16.6. The molecule has 3 heterocycles. The van der Waals surface area contributed by atoms with Crippen molar-refractivity contribution in [3.05, 3.63) is 53.8 Å². The van der Waals surface area contributed by atoms with E-state index in [1.54, 1.807) is 54.8 Å². The summed E-state index contributed by atoms with van der Waals surface area (Å²) in [6.45, 7) is 0. The Hall–Kier alpha value is -2.29. The molecule has 0 amide bonds. The first-order chi connectivity index (χ1) is 11.6. The largest absolute Gasteiger partial charge is 0.496 e. The summed E-state index contributed by atoms with van der Waals surface area (Å²) in [6, 6.07) is 5.19. The van der Waals surface area contributed by atoms with E-state index in [1.165, 1.54) is 0 Å². The molecule has 0 fully saturated rings. The van der Waals surface area contributed by atoms with Gasteiger partial charge in [0, 0.05) is 12.4 Å². The van der Waals surface area contributed by atoms with Gasteiger partial charge in [0.1, 0.15) is 23.0 Å². The molecule has 0 bridgehead atoms. The molecule has 3 rings (SSSR count). The first-order valence-corrected chi connectivity index (χ1v) is 8.49. The van der Waals surface area contributed by atoms with Crippen molar-refractivity contribution in [3.8, 4) is 22.8 Å². The minimum atomic E-state index is -1.90. The molecule has 3 aromatic heterocycles. The Bertz CT molecular complexity index is 883. The van der Waals surface area contributed by atoms with Gasteiger partial charge in [-0.05, 0) is 17.7 Å². The van der Waals surface area contributed by atoms with Gasteiger partial charge in [0.15, 0.2) is 11.1 Å². The van der Waals surface area contributed by atoms with Gasteiger partial charge in [-0.1, -0.05) is 17.7 Å². The van der Waals surface area contributed by atoms with Crippen LogP contribution in [0.25, 0.3) is 17.1 Å². The van der Waals surface area contributed by atoms with Crippen LogP contribution in [0.4, 0.5) is 0 Å². The van der Waals surface area contributed by atoms with E-state index in [0.717, 1.165) is 0 Å². The third-order valence-corrected chi connectivity index (χ3v) is 4.19. The maximum atomic E-state index is 10.9. The number of hydrogen-bond acceptors (Lipinski definition) is 5. The quantitative estimate of drug-likeness (QED) is 0.553. The van der Waals surface area contributed by atoms with Crippen LogP contribution in [0.5, 0.6) is 5.75 Å². The van der Waals surface area contributed by atoms with E-state index in [-0.39, 0.29) is 5.75 Å². The van der Waals surface area contributed by atoms with Crippen molar-refractivity contribution in [2.45, 2.75) is 5.75 Å². The summed E-state index contributed by atoms with van der Waals surface area (Å²) in [7, 11) is 1.55. The smallest absolute Gasteiger partial charge is 0.157 e. The molecule has 0 aliphatic rings. The molecule has 0 spiro atoms. The first-order valence-electron chi connectivity index (χ1n) is 6.84. The van der Waals surface area contributed by atoms with E-state index in [9.17, 15) is 4.21 Å². The fourth-order valence-corrected chi connectivity index (χ4v) is 2.97. The monoisotopic (exact) mass is 364 g/mol. The third kappa shape index (κ3) is 3.30. The number of imidazole rings is 1. The summed E-state index contributed by atoms with van der Waals surface area (Å²) in [5.74, 6) is 1.20. The highest BCUT2D eigenvalue weighted by Crippen LogP contribution is 2.35. The Morgan fingerprint density at radius 1 is 1.29 bits per heavy atom. The van der Waals surface area contributed by atoms with Crippen molar-refractivity contribution in [1.82, 2.24) is 19.5 Å². The average Bonchev–Trinajstić information content (AvgIpc) is 3.03. The van der Waals surface area contributed by atoms with Crippen LogP contribution in [-0.2, 0) is 16.8 Å². The van der Waals surface area contributed by atoms with Gasteiger partial charge in [0.25, 0.3) is 0 Å². The summed E-state index contributed by atoms with van der Waals surface area (Å²) in [5.41, 5.74) is 1.95. The number of halogens is 1. The maximum absolute atomic E-state index is 10.9. The second-order valence-corrected chi connectivity index (χ2v) is 6.11. The number of ether oxygens (including phenoxy) is 1. The van der Waals surface area contributed by atoms with Crippen LogP contribution in [0.2, 0.25) is 5.15 Å². The highest BCUT2D eigenvalue weighted by Gasteiger charge is 2.17. The number of rotatable bonds is 5. The van der Waals surface area contributed by atoms with Crippen LogP contribution < -0.4 is 4.74 Å². The lowest BCUT2D eigenvalue weighted by molar-refractivity contribution is 0.415. The van der Waals surface area contributed by atoms with Gasteiger partial charge < -0.3 is 9.29 Å². The van der Waals surface area contributed by atoms with Crippen LogP contribution in [0.1, 0.15) is 5.56 Å². The van der Waals surface area contributed by atoms with E-state index < -0.39 is 11.1 Å².